The molecular formula is C19H24N4O2. The molecule has 132 valence electrons. The van der Waals surface area contributed by atoms with Crippen molar-refractivity contribution in [3.63, 3.8) is 0 Å². The first-order chi connectivity index (χ1) is 12.2. The lowest BCUT2D eigenvalue weighted by Crippen LogP contribution is -2.35. The summed E-state index contributed by atoms with van der Waals surface area (Å²) >= 11 is 0. The molecule has 2 aliphatic rings. The Kier molecular flexibility index (Phi) is 4.44. The third kappa shape index (κ3) is 3.39. The first-order valence-corrected chi connectivity index (χ1v) is 9.02. The van der Waals surface area contributed by atoms with E-state index in [-0.39, 0.29) is 11.9 Å². The van der Waals surface area contributed by atoms with Gasteiger partial charge in [-0.05, 0) is 31.2 Å². The van der Waals surface area contributed by atoms with Crippen molar-refractivity contribution in [1.29, 1.82) is 0 Å². The second-order valence-corrected chi connectivity index (χ2v) is 7.10. The number of hydrogen-bond donors (Lipinski definition) is 2. The molecule has 1 saturated carbocycles. The number of rotatable bonds is 4. The molecule has 0 radical (unpaired) electrons. The minimum atomic E-state index is -0.484. The monoisotopic (exact) mass is 340 g/mol. The summed E-state index contributed by atoms with van der Waals surface area (Å²) in [5.74, 6) is 0.820. The molecule has 0 bridgehead atoms. The molecule has 25 heavy (non-hydrogen) atoms. The zero-order valence-corrected chi connectivity index (χ0v) is 14.2. The van der Waals surface area contributed by atoms with Crippen molar-refractivity contribution in [3.8, 4) is 0 Å². The van der Waals surface area contributed by atoms with Crippen molar-refractivity contribution in [3.05, 3.63) is 48.2 Å². The SMILES string of the molecule is O=C(Nc1ccnn1C1CCC1)N1C[C@@H](Cc2ccccc2)[C@H](O)C1. The number of anilines is 1. The predicted octanol–water partition coefficient (Wildman–Crippen LogP) is 2.68. The number of nitrogens with one attached hydrogen (secondary N) is 1. The van der Waals surface area contributed by atoms with E-state index < -0.39 is 6.10 Å². The van der Waals surface area contributed by atoms with Crippen LogP contribution in [0.4, 0.5) is 10.6 Å². The fourth-order valence-corrected chi connectivity index (χ4v) is 3.66. The molecule has 1 aliphatic carbocycles. The molecule has 0 unspecified atom stereocenters. The average Bonchev–Trinajstić information content (AvgIpc) is 3.15. The molecule has 1 saturated heterocycles. The highest BCUT2D eigenvalue weighted by molar-refractivity contribution is 5.88. The second kappa shape index (κ2) is 6.88. The van der Waals surface area contributed by atoms with Crippen LogP contribution in [0.5, 0.6) is 0 Å². The summed E-state index contributed by atoms with van der Waals surface area (Å²) in [6.45, 7) is 0.945. The van der Waals surface area contributed by atoms with Gasteiger partial charge >= 0.3 is 6.03 Å². The van der Waals surface area contributed by atoms with Gasteiger partial charge in [0.05, 0.1) is 18.3 Å². The standard InChI is InChI=1S/C19H24N4O2/c24-17-13-22(12-15(17)11-14-5-2-1-3-6-14)19(25)21-18-9-10-20-23(18)16-7-4-8-16/h1-3,5-6,9-10,15-17,24H,4,7-8,11-13H2,(H,21,25)/t15-,17-/m1/s1. The maximum atomic E-state index is 12.6. The highest BCUT2D eigenvalue weighted by Crippen LogP contribution is 2.33. The van der Waals surface area contributed by atoms with Crippen molar-refractivity contribution in [2.45, 2.75) is 37.8 Å². The number of amides is 2. The number of hydrogen-bond acceptors (Lipinski definition) is 3. The second-order valence-electron chi connectivity index (χ2n) is 7.10. The lowest BCUT2D eigenvalue weighted by molar-refractivity contribution is 0.143. The molecule has 1 aromatic heterocycles. The molecule has 4 rings (SSSR count). The third-order valence-electron chi connectivity index (χ3n) is 5.36. The topological polar surface area (TPSA) is 70.4 Å². The quantitative estimate of drug-likeness (QED) is 0.899. The van der Waals surface area contributed by atoms with Crippen LogP contribution in [0.25, 0.3) is 0 Å². The number of aliphatic hydroxyl groups excluding tert-OH is 1. The Morgan fingerprint density at radius 2 is 2.00 bits per heavy atom. The van der Waals surface area contributed by atoms with E-state index in [0.29, 0.717) is 19.1 Å². The zero-order chi connectivity index (χ0) is 17.2. The van der Waals surface area contributed by atoms with Crippen molar-refractivity contribution in [1.82, 2.24) is 14.7 Å². The van der Waals surface area contributed by atoms with Crippen LogP contribution in [0.2, 0.25) is 0 Å². The van der Waals surface area contributed by atoms with Crippen molar-refractivity contribution < 1.29 is 9.90 Å². The molecule has 2 amide bonds. The maximum absolute atomic E-state index is 12.6. The molecule has 6 nitrogen and oxygen atoms in total. The van der Waals surface area contributed by atoms with Gasteiger partial charge in [0.15, 0.2) is 0 Å². The summed E-state index contributed by atoms with van der Waals surface area (Å²) in [5, 5.41) is 17.6. The fourth-order valence-electron chi connectivity index (χ4n) is 3.66. The normalized spacial score (nSPS) is 23.5. The van der Waals surface area contributed by atoms with Gasteiger partial charge in [-0.25, -0.2) is 9.48 Å². The molecule has 2 N–H and O–H groups in total. The fraction of sp³-hybridized carbons (Fsp3) is 0.474. The van der Waals surface area contributed by atoms with E-state index in [4.69, 9.17) is 0 Å². The molecular weight excluding hydrogens is 316 g/mol. The number of likely N-dealkylation sites (tertiary alicyclic amines) is 1. The lowest BCUT2D eigenvalue weighted by atomic mass is 9.93. The Labute approximate surface area is 147 Å². The number of carbonyl (C=O) groups is 1. The predicted molar refractivity (Wildman–Crippen MR) is 95.3 cm³/mol. The van der Waals surface area contributed by atoms with E-state index in [2.05, 4.69) is 22.5 Å². The van der Waals surface area contributed by atoms with Crippen LogP contribution in [0.1, 0.15) is 30.9 Å². The first-order valence-electron chi connectivity index (χ1n) is 9.02. The van der Waals surface area contributed by atoms with Crippen molar-refractivity contribution in [2.75, 3.05) is 18.4 Å². The number of aromatic nitrogens is 2. The Bertz CT molecular complexity index is 726. The van der Waals surface area contributed by atoms with Gasteiger partial charge in [-0.15, -0.1) is 0 Å². The molecule has 2 fully saturated rings. The van der Waals surface area contributed by atoms with E-state index >= 15 is 0 Å². The maximum Gasteiger partial charge on any atom is 0.323 e. The van der Waals surface area contributed by atoms with E-state index in [1.807, 2.05) is 28.9 Å². The number of urea groups is 1. The minimum absolute atomic E-state index is 0.0738. The van der Waals surface area contributed by atoms with Crippen LogP contribution < -0.4 is 5.32 Å². The van der Waals surface area contributed by atoms with E-state index in [1.165, 1.54) is 12.0 Å². The third-order valence-corrected chi connectivity index (χ3v) is 5.36. The van der Waals surface area contributed by atoms with Gasteiger partial charge in [0, 0.05) is 25.1 Å². The highest BCUT2D eigenvalue weighted by Gasteiger charge is 2.34. The summed E-state index contributed by atoms with van der Waals surface area (Å²) in [7, 11) is 0. The number of aliphatic hydroxyl groups is 1. The van der Waals surface area contributed by atoms with Gasteiger partial charge in [-0.2, -0.15) is 5.10 Å². The summed E-state index contributed by atoms with van der Waals surface area (Å²) < 4.78 is 1.91. The molecule has 2 heterocycles. The number of nitrogens with zero attached hydrogens (tertiary/aromatic N) is 3. The van der Waals surface area contributed by atoms with Crippen LogP contribution in [0.3, 0.4) is 0 Å². The van der Waals surface area contributed by atoms with Crippen LogP contribution in [0.15, 0.2) is 42.6 Å². The Hall–Kier alpha value is -2.34. The van der Waals surface area contributed by atoms with E-state index in [1.54, 1.807) is 11.1 Å². The Morgan fingerprint density at radius 3 is 2.72 bits per heavy atom. The first kappa shape index (κ1) is 16.1. The molecule has 1 aromatic carbocycles. The highest BCUT2D eigenvalue weighted by atomic mass is 16.3. The van der Waals surface area contributed by atoms with Gasteiger partial charge in [0.2, 0.25) is 0 Å². The summed E-state index contributed by atoms with van der Waals surface area (Å²) in [4.78, 5) is 14.3. The van der Waals surface area contributed by atoms with Crippen LogP contribution >= 0.6 is 0 Å². The van der Waals surface area contributed by atoms with Gasteiger partial charge in [0.25, 0.3) is 0 Å². The molecule has 1 aliphatic heterocycles. The summed E-state index contributed by atoms with van der Waals surface area (Å²) in [6.07, 6.45) is 5.48. The molecule has 6 heteroatoms. The van der Waals surface area contributed by atoms with Crippen LogP contribution in [-0.4, -0.2) is 45.0 Å². The lowest BCUT2D eigenvalue weighted by Gasteiger charge is -2.27. The minimum Gasteiger partial charge on any atom is -0.391 e. The molecule has 2 aromatic rings. The Balaban J connectivity index is 1.37. The number of carbonyl (C=O) groups excluding carboxylic acids is 1. The summed E-state index contributed by atoms with van der Waals surface area (Å²) in [6, 6.07) is 12.2. The average molecular weight is 340 g/mol. The molecule has 0 spiro atoms. The van der Waals surface area contributed by atoms with Crippen molar-refractivity contribution >= 4 is 11.8 Å². The summed E-state index contributed by atoms with van der Waals surface area (Å²) in [5.41, 5.74) is 1.19. The van der Waals surface area contributed by atoms with Crippen LogP contribution in [0, 0.1) is 5.92 Å². The van der Waals surface area contributed by atoms with E-state index in [9.17, 15) is 9.90 Å². The zero-order valence-electron chi connectivity index (χ0n) is 14.2. The smallest absolute Gasteiger partial charge is 0.323 e. The van der Waals surface area contributed by atoms with Crippen LogP contribution in [-0.2, 0) is 6.42 Å². The van der Waals surface area contributed by atoms with Crippen molar-refractivity contribution in [2.24, 2.45) is 5.92 Å². The number of benzene rings is 1. The van der Waals surface area contributed by atoms with Gasteiger partial charge < -0.3 is 10.0 Å². The Morgan fingerprint density at radius 1 is 1.20 bits per heavy atom. The van der Waals surface area contributed by atoms with Gasteiger partial charge in [-0.3, -0.25) is 5.32 Å². The molecule has 2 atom stereocenters. The van der Waals surface area contributed by atoms with Gasteiger partial charge in [-0.1, -0.05) is 30.3 Å². The van der Waals surface area contributed by atoms with Gasteiger partial charge in [0.1, 0.15) is 5.82 Å². The number of β-amino-alcohol motifs (C(OH)–C–C–N with tert-alkyl or cyclic N) is 1. The van der Waals surface area contributed by atoms with E-state index in [0.717, 1.165) is 25.1 Å². The largest absolute Gasteiger partial charge is 0.391 e.